The summed E-state index contributed by atoms with van der Waals surface area (Å²) in [7, 11) is 1.77. The average molecular weight is 256 g/mol. The highest BCUT2D eigenvalue weighted by atomic mass is 16.5. The molecule has 1 aliphatic heterocycles. The van der Waals surface area contributed by atoms with Crippen LogP contribution >= 0.6 is 0 Å². The first-order chi connectivity index (χ1) is 8.67. The molecule has 0 spiro atoms. The van der Waals surface area contributed by atoms with Crippen LogP contribution in [0.5, 0.6) is 0 Å². The first-order valence-electron chi connectivity index (χ1n) is 7.61. The minimum atomic E-state index is 0.601. The topological polar surface area (TPSA) is 24.5 Å². The molecule has 1 fully saturated rings. The molecule has 0 aromatic carbocycles. The number of nitrogens with zero attached hydrogens (tertiary/aromatic N) is 1. The van der Waals surface area contributed by atoms with Gasteiger partial charge in [0.25, 0.3) is 0 Å². The number of nitrogens with one attached hydrogen (secondary N) is 1. The van der Waals surface area contributed by atoms with Crippen molar-refractivity contribution in [2.75, 3.05) is 39.9 Å². The Hall–Kier alpha value is -0.120. The SMILES string of the molecule is CCC1(CC)CCN(C(C)CNCCCOC)C1. The van der Waals surface area contributed by atoms with E-state index in [-0.39, 0.29) is 0 Å². The number of hydrogen-bond donors (Lipinski definition) is 1. The van der Waals surface area contributed by atoms with Gasteiger partial charge in [-0.05, 0) is 51.1 Å². The quantitative estimate of drug-likeness (QED) is 0.642. The van der Waals surface area contributed by atoms with E-state index in [0.29, 0.717) is 11.5 Å². The van der Waals surface area contributed by atoms with Crippen molar-refractivity contribution in [1.82, 2.24) is 10.2 Å². The lowest BCUT2D eigenvalue weighted by Gasteiger charge is -2.29. The van der Waals surface area contributed by atoms with E-state index in [1.54, 1.807) is 7.11 Å². The second kappa shape index (κ2) is 8.13. The number of ether oxygens (including phenoxy) is 1. The molecule has 1 heterocycles. The van der Waals surface area contributed by atoms with E-state index in [1.807, 2.05) is 0 Å². The lowest BCUT2D eigenvalue weighted by molar-refractivity contribution is 0.187. The van der Waals surface area contributed by atoms with E-state index < -0.39 is 0 Å². The van der Waals surface area contributed by atoms with Gasteiger partial charge in [0.15, 0.2) is 0 Å². The third-order valence-corrected chi connectivity index (χ3v) is 4.73. The van der Waals surface area contributed by atoms with Crippen molar-refractivity contribution in [1.29, 1.82) is 0 Å². The van der Waals surface area contributed by atoms with Crippen LogP contribution in [0.25, 0.3) is 0 Å². The Morgan fingerprint density at radius 3 is 2.61 bits per heavy atom. The average Bonchev–Trinajstić information content (AvgIpc) is 2.83. The molecule has 0 radical (unpaired) electrons. The fraction of sp³-hybridized carbons (Fsp3) is 1.00. The van der Waals surface area contributed by atoms with Crippen molar-refractivity contribution in [2.24, 2.45) is 5.41 Å². The molecule has 0 aliphatic carbocycles. The molecule has 1 saturated heterocycles. The van der Waals surface area contributed by atoms with Crippen LogP contribution in [-0.2, 0) is 4.74 Å². The van der Waals surface area contributed by atoms with Gasteiger partial charge in [0.1, 0.15) is 0 Å². The lowest BCUT2D eigenvalue weighted by Crippen LogP contribution is -2.40. The fourth-order valence-corrected chi connectivity index (χ4v) is 2.95. The Morgan fingerprint density at radius 2 is 2.06 bits per heavy atom. The third kappa shape index (κ3) is 4.52. The standard InChI is InChI=1S/C15H32N2O/c1-5-15(6-2)8-10-17(13-15)14(3)12-16-9-7-11-18-4/h14,16H,5-13H2,1-4H3. The summed E-state index contributed by atoms with van der Waals surface area (Å²) in [6.45, 7) is 12.7. The zero-order valence-corrected chi connectivity index (χ0v) is 12.8. The van der Waals surface area contributed by atoms with Crippen molar-refractivity contribution in [3.63, 3.8) is 0 Å². The number of likely N-dealkylation sites (tertiary alicyclic amines) is 1. The van der Waals surface area contributed by atoms with Crippen molar-refractivity contribution in [2.45, 2.75) is 52.5 Å². The van der Waals surface area contributed by atoms with Crippen molar-refractivity contribution >= 4 is 0 Å². The largest absolute Gasteiger partial charge is 0.385 e. The summed E-state index contributed by atoms with van der Waals surface area (Å²) in [5, 5.41) is 3.54. The maximum atomic E-state index is 5.05. The molecule has 1 unspecified atom stereocenters. The second-order valence-electron chi connectivity index (χ2n) is 5.83. The highest BCUT2D eigenvalue weighted by Gasteiger charge is 2.36. The van der Waals surface area contributed by atoms with Crippen LogP contribution in [0.4, 0.5) is 0 Å². The zero-order valence-electron chi connectivity index (χ0n) is 12.8. The first kappa shape index (κ1) is 15.9. The van der Waals surface area contributed by atoms with Gasteiger partial charge in [0.05, 0.1) is 0 Å². The molecule has 1 aliphatic rings. The molecule has 3 nitrogen and oxygen atoms in total. The van der Waals surface area contributed by atoms with Crippen LogP contribution in [0, 0.1) is 5.41 Å². The van der Waals surface area contributed by atoms with Crippen LogP contribution in [0.3, 0.4) is 0 Å². The summed E-state index contributed by atoms with van der Waals surface area (Å²) >= 11 is 0. The molecule has 108 valence electrons. The smallest absolute Gasteiger partial charge is 0.0474 e. The number of methoxy groups -OCH3 is 1. The summed E-state index contributed by atoms with van der Waals surface area (Å²) in [6.07, 6.45) is 5.15. The summed E-state index contributed by atoms with van der Waals surface area (Å²) in [4.78, 5) is 2.66. The first-order valence-corrected chi connectivity index (χ1v) is 7.61. The molecule has 18 heavy (non-hydrogen) atoms. The highest BCUT2D eigenvalue weighted by molar-refractivity contribution is 4.90. The van der Waals surface area contributed by atoms with Gasteiger partial charge < -0.3 is 10.1 Å². The van der Waals surface area contributed by atoms with Gasteiger partial charge in [-0.25, -0.2) is 0 Å². The maximum absolute atomic E-state index is 5.05. The van der Waals surface area contributed by atoms with Crippen LogP contribution in [-0.4, -0.2) is 50.8 Å². The van der Waals surface area contributed by atoms with Crippen LogP contribution < -0.4 is 5.32 Å². The third-order valence-electron chi connectivity index (χ3n) is 4.73. The molecule has 0 saturated carbocycles. The predicted octanol–water partition coefficient (Wildman–Crippen LogP) is 2.51. The predicted molar refractivity (Wildman–Crippen MR) is 78.0 cm³/mol. The Labute approximate surface area is 113 Å². The summed E-state index contributed by atoms with van der Waals surface area (Å²) in [6, 6.07) is 0.660. The van der Waals surface area contributed by atoms with Crippen molar-refractivity contribution in [3.05, 3.63) is 0 Å². The van der Waals surface area contributed by atoms with Gasteiger partial charge in [-0.3, -0.25) is 4.90 Å². The summed E-state index contributed by atoms with van der Waals surface area (Å²) in [5.74, 6) is 0. The van der Waals surface area contributed by atoms with Crippen molar-refractivity contribution in [3.8, 4) is 0 Å². The molecule has 1 atom stereocenters. The molecular weight excluding hydrogens is 224 g/mol. The Balaban J connectivity index is 2.21. The summed E-state index contributed by atoms with van der Waals surface area (Å²) < 4.78 is 5.05. The molecule has 1 rings (SSSR count). The van der Waals surface area contributed by atoms with Gasteiger partial charge in [-0.1, -0.05) is 13.8 Å². The van der Waals surface area contributed by atoms with Crippen LogP contribution in [0.15, 0.2) is 0 Å². The van der Waals surface area contributed by atoms with Gasteiger partial charge in [0.2, 0.25) is 0 Å². The van der Waals surface area contributed by atoms with Gasteiger partial charge in [-0.15, -0.1) is 0 Å². The number of rotatable bonds is 9. The van der Waals surface area contributed by atoms with Crippen LogP contribution in [0.1, 0.15) is 46.5 Å². The van der Waals surface area contributed by atoms with Crippen molar-refractivity contribution < 1.29 is 4.74 Å². The van der Waals surface area contributed by atoms with Gasteiger partial charge >= 0.3 is 0 Å². The lowest BCUT2D eigenvalue weighted by atomic mass is 9.82. The van der Waals surface area contributed by atoms with E-state index in [1.165, 1.54) is 32.4 Å². The van der Waals surface area contributed by atoms with E-state index in [9.17, 15) is 0 Å². The van der Waals surface area contributed by atoms with Gasteiger partial charge in [-0.2, -0.15) is 0 Å². The maximum Gasteiger partial charge on any atom is 0.0474 e. The Bertz CT molecular complexity index is 217. The van der Waals surface area contributed by atoms with E-state index in [2.05, 4.69) is 31.0 Å². The van der Waals surface area contributed by atoms with E-state index >= 15 is 0 Å². The van der Waals surface area contributed by atoms with E-state index in [0.717, 1.165) is 26.1 Å². The molecule has 3 heteroatoms. The molecule has 0 bridgehead atoms. The fourth-order valence-electron chi connectivity index (χ4n) is 2.95. The summed E-state index contributed by atoms with van der Waals surface area (Å²) in [5.41, 5.74) is 0.601. The second-order valence-corrected chi connectivity index (χ2v) is 5.83. The normalized spacial score (nSPS) is 21.3. The number of hydrogen-bond acceptors (Lipinski definition) is 3. The Kier molecular flexibility index (Phi) is 7.20. The molecule has 0 aromatic rings. The van der Waals surface area contributed by atoms with Crippen LogP contribution in [0.2, 0.25) is 0 Å². The zero-order chi connectivity index (χ0) is 13.4. The Morgan fingerprint density at radius 1 is 1.33 bits per heavy atom. The molecule has 1 N–H and O–H groups in total. The molecule has 0 aromatic heterocycles. The molecular formula is C15H32N2O. The van der Waals surface area contributed by atoms with Gasteiger partial charge in [0, 0.05) is 32.8 Å². The highest BCUT2D eigenvalue weighted by Crippen LogP contribution is 2.37. The molecule has 0 amide bonds. The minimum Gasteiger partial charge on any atom is -0.385 e. The van der Waals surface area contributed by atoms with E-state index in [4.69, 9.17) is 4.74 Å². The monoisotopic (exact) mass is 256 g/mol. The minimum absolute atomic E-state index is 0.601.